The molecule has 1 N–H and O–H groups in total. The Labute approximate surface area is 114 Å². The van der Waals surface area contributed by atoms with Gasteiger partial charge in [-0.1, -0.05) is 0 Å². The Balaban J connectivity index is 1.53. The van der Waals surface area contributed by atoms with Crippen LogP contribution in [0.2, 0.25) is 0 Å². The summed E-state index contributed by atoms with van der Waals surface area (Å²) in [5.74, 6) is 0.628. The molecule has 5 heteroatoms. The highest BCUT2D eigenvalue weighted by Crippen LogP contribution is 2.24. The van der Waals surface area contributed by atoms with Crippen LogP contribution in [0.1, 0.15) is 31.7 Å². The van der Waals surface area contributed by atoms with E-state index in [-0.39, 0.29) is 5.92 Å². The van der Waals surface area contributed by atoms with Gasteiger partial charge in [0.2, 0.25) is 5.91 Å². The van der Waals surface area contributed by atoms with Crippen LogP contribution >= 0.6 is 0 Å². The Morgan fingerprint density at radius 2 is 1.89 bits per heavy atom. The molecule has 0 spiro atoms. The molecule has 2 aliphatic heterocycles. The molecule has 104 valence electrons. The van der Waals surface area contributed by atoms with E-state index in [1.807, 2.05) is 23.1 Å². The highest BCUT2D eigenvalue weighted by molar-refractivity contribution is 5.79. The molecule has 0 aromatic carbocycles. The molecular formula is C14H22N4O. The third-order valence-electron chi connectivity index (χ3n) is 4.36. The van der Waals surface area contributed by atoms with Crippen LogP contribution in [0.5, 0.6) is 0 Å². The van der Waals surface area contributed by atoms with Gasteiger partial charge in [-0.25, -0.2) is 0 Å². The third-order valence-corrected chi connectivity index (χ3v) is 4.36. The highest BCUT2D eigenvalue weighted by Gasteiger charge is 2.29. The molecule has 19 heavy (non-hydrogen) atoms. The Hall–Kier alpha value is -1.36. The first-order chi connectivity index (χ1) is 9.34. The molecule has 1 aromatic heterocycles. The van der Waals surface area contributed by atoms with Crippen molar-refractivity contribution in [3.8, 4) is 0 Å². The summed E-state index contributed by atoms with van der Waals surface area (Å²) in [7, 11) is 0. The largest absolute Gasteiger partial charge is 0.342 e. The summed E-state index contributed by atoms with van der Waals surface area (Å²) in [6.07, 6.45) is 7.90. The van der Waals surface area contributed by atoms with Gasteiger partial charge in [0.05, 0.1) is 6.04 Å². The molecule has 5 nitrogen and oxygen atoms in total. The maximum Gasteiger partial charge on any atom is 0.225 e. The van der Waals surface area contributed by atoms with E-state index in [2.05, 4.69) is 15.3 Å². The van der Waals surface area contributed by atoms with Crippen LogP contribution in [0.4, 0.5) is 0 Å². The number of hydrogen-bond donors (Lipinski definition) is 1. The minimum atomic E-state index is 0.252. The summed E-state index contributed by atoms with van der Waals surface area (Å²) >= 11 is 0. The lowest BCUT2D eigenvalue weighted by atomic mass is 9.95. The number of carbonyl (C=O) groups is 1. The van der Waals surface area contributed by atoms with Crippen LogP contribution in [0.3, 0.4) is 0 Å². The Kier molecular flexibility index (Phi) is 3.82. The molecule has 0 radical (unpaired) electrons. The molecule has 0 unspecified atom stereocenters. The van der Waals surface area contributed by atoms with Gasteiger partial charge in [-0.2, -0.15) is 5.10 Å². The number of aromatic nitrogens is 2. The molecule has 1 amide bonds. The van der Waals surface area contributed by atoms with E-state index in [4.69, 9.17) is 0 Å². The number of amides is 1. The van der Waals surface area contributed by atoms with Gasteiger partial charge in [0.15, 0.2) is 0 Å². The van der Waals surface area contributed by atoms with Gasteiger partial charge in [0.1, 0.15) is 0 Å². The predicted octanol–water partition coefficient (Wildman–Crippen LogP) is 1.05. The van der Waals surface area contributed by atoms with Crippen molar-refractivity contribution >= 4 is 5.91 Å². The van der Waals surface area contributed by atoms with Crippen LogP contribution < -0.4 is 5.32 Å². The molecular weight excluding hydrogens is 240 g/mol. The Morgan fingerprint density at radius 3 is 2.53 bits per heavy atom. The SMILES string of the molecule is O=C(C1CCNCC1)N1CCC(n2cccn2)CC1. The van der Waals surface area contributed by atoms with Crippen molar-refractivity contribution in [1.82, 2.24) is 20.0 Å². The van der Waals surface area contributed by atoms with Crippen molar-refractivity contribution in [3.63, 3.8) is 0 Å². The number of piperidine rings is 2. The maximum absolute atomic E-state index is 12.4. The third kappa shape index (κ3) is 2.81. The van der Waals surface area contributed by atoms with Gasteiger partial charge in [-0.05, 0) is 44.8 Å². The van der Waals surface area contributed by atoms with E-state index < -0.39 is 0 Å². The second-order valence-electron chi connectivity index (χ2n) is 5.57. The molecule has 0 saturated carbocycles. The number of likely N-dealkylation sites (tertiary alicyclic amines) is 1. The predicted molar refractivity (Wildman–Crippen MR) is 72.7 cm³/mol. The van der Waals surface area contributed by atoms with Gasteiger partial charge in [-0.15, -0.1) is 0 Å². The minimum absolute atomic E-state index is 0.252. The van der Waals surface area contributed by atoms with Gasteiger partial charge >= 0.3 is 0 Å². The fourth-order valence-corrected chi connectivity index (χ4v) is 3.17. The van der Waals surface area contributed by atoms with E-state index in [1.165, 1.54) is 0 Å². The highest BCUT2D eigenvalue weighted by atomic mass is 16.2. The van der Waals surface area contributed by atoms with E-state index in [0.29, 0.717) is 11.9 Å². The molecule has 0 aliphatic carbocycles. The molecule has 3 rings (SSSR count). The molecule has 1 aromatic rings. The van der Waals surface area contributed by atoms with Crippen molar-refractivity contribution < 1.29 is 4.79 Å². The first kappa shape index (κ1) is 12.7. The van der Waals surface area contributed by atoms with Crippen LogP contribution in [0.15, 0.2) is 18.5 Å². The number of nitrogens with one attached hydrogen (secondary N) is 1. The van der Waals surface area contributed by atoms with Gasteiger partial charge < -0.3 is 10.2 Å². The van der Waals surface area contributed by atoms with E-state index >= 15 is 0 Å². The lowest BCUT2D eigenvalue weighted by Gasteiger charge is -2.35. The molecule has 3 heterocycles. The number of rotatable bonds is 2. The lowest BCUT2D eigenvalue weighted by molar-refractivity contribution is -0.137. The Bertz CT molecular complexity index is 403. The van der Waals surface area contributed by atoms with Crippen LogP contribution in [0, 0.1) is 5.92 Å². The van der Waals surface area contributed by atoms with Crippen LogP contribution in [-0.4, -0.2) is 46.8 Å². The first-order valence-electron chi connectivity index (χ1n) is 7.33. The van der Waals surface area contributed by atoms with Crippen molar-refractivity contribution in [3.05, 3.63) is 18.5 Å². The zero-order valence-corrected chi connectivity index (χ0v) is 11.3. The van der Waals surface area contributed by atoms with Gasteiger partial charge in [0.25, 0.3) is 0 Å². The van der Waals surface area contributed by atoms with E-state index in [9.17, 15) is 4.79 Å². The number of hydrogen-bond acceptors (Lipinski definition) is 3. The zero-order chi connectivity index (χ0) is 13.1. The fraction of sp³-hybridized carbons (Fsp3) is 0.714. The second kappa shape index (κ2) is 5.74. The van der Waals surface area contributed by atoms with Crippen molar-refractivity contribution in [2.24, 2.45) is 5.92 Å². The molecule has 2 fully saturated rings. The summed E-state index contributed by atoms with van der Waals surface area (Å²) < 4.78 is 2.03. The van der Waals surface area contributed by atoms with E-state index in [1.54, 1.807) is 0 Å². The molecule has 0 atom stereocenters. The lowest BCUT2D eigenvalue weighted by Crippen LogP contribution is -2.44. The van der Waals surface area contributed by atoms with Crippen LogP contribution in [-0.2, 0) is 4.79 Å². The average molecular weight is 262 g/mol. The summed E-state index contributed by atoms with van der Waals surface area (Å²) in [5.41, 5.74) is 0. The summed E-state index contributed by atoms with van der Waals surface area (Å²) in [4.78, 5) is 14.5. The first-order valence-corrected chi connectivity index (χ1v) is 7.33. The zero-order valence-electron chi connectivity index (χ0n) is 11.3. The average Bonchev–Trinajstić information content (AvgIpc) is 3.02. The second-order valence-corrected chi connectivity index (χ2v) is 5.57. The number of carbonyl (C=O) groups excluding carboxylic acids is 1. The van der Waals surface area contributed by atoms with Crippen molar-refractivity contribution in [2.75, 3.05) is 26.2 Å². The molecule has 2 saturated heterocycles. The monoisotopic (exact) mass is 262 g/mol. The summed E-state index contributed by atoms with van der Waals surface area (Å²) in [6.45, 7) is 3.74. The van der Waals surface area contributed by atoms with Crippen molar-refractivity contribution in [2.45, 2.75) is 31.7 Å². The topological polar surface area (TPSA) is 50.2 Å². The fourth-order valence-electron chi connectivity index (χ4n) is 3.17. The van der Waals surface area contributed by atoms with Crippen LogP contribution in [0.25, 0.3) is 0 Å². The number of nitrogens with zero attached hydrogens (tertiary/aromatic N) is 3. The van der Waals surface area contributed by atoms with Gasteiger partial charge in [0, 0.05) is 31.4 Å². The minimum Gasteiger partial charge on any atom is -0.342 e. The van der Waals surface area contributed by atoms with E-state index in [0.717, 1.165) is 51.9 Å². The normalized spacial score (nSPS) is 22.6. The standard InChI is InChI=1S/C14H22N4O/c19-14(12-2-7-15-8-3-12)17-10-4-13(5-11-17)18-9-1-6-16-18/h1,6,9,12-13,15H,2-5,7-8,10-11H2. The van der Waals surface area contributed by atoms with Crippen molar-refractivity contribution in [1.29, 1.82) is 0 Å². The smallest absolute Gasteiger partial charge is 0.225 e. The Morgan fingerprint density at radius 1 is 1.16 bits per heavy atom. The maximum atomic E-state index is 12.4. The molecule has 0 bridgehead atoms. The molecule has 2 aliphatic rings. The summed E-state index contributed by atoms with van der Waals surface area (Å²) in [6, 6.07) is 2.43. The summed E-state index contributed by atoms with van der Waals surface area (Å²) in [5, 5.41) is 7.62. The quantitative estimate of drug-likeness (QED) is 0.866. The van der Waals surface area contributed by atoms with Gasteiger partial charge in [-0.3, -0.25) is 9.48 Å².